The number of allylic oxidation sites excluding steroid dienone is 3. The van der Waals surface area contributed by atoms with E-state index in [1.165, 1.54) is 19.2 Å². The first-order chi connectivity index (χ1) is 14.7. The second-order valence-electron chi connectivity index (χ2n) is 8.25. The zero-order valence-electron chi connectivity index (χ0n) is 18.5. The summed E-state index contributed by atoms with van der Waals surface area (Å²) in [5, 5.41) is 13.3. The number of Topliss-reactive ketones (excluding diaryl/α,β-unsaturated/α-hetero) is 1. The van der Waals surface area contributed by atoms with Crippen LogP contribution in [0.25, 0.3) is 0 Å². The highest BCUT2D eigenvalue weighted by molar-refractivity contribution is 6.12. The molecule has 2 aliphatic rings. The minimum Gasteiger partial charge on any atom is -0.508 e. The van der Waals surface area contributed by atoms with Crippen LogP contribution in [-0.2, 0) is 23.9 Å². The van der Waals surface area contributed by atoms with Crippen LogP contribution in [0.2, 0.25) is 0 Å². The number of nitrogens with one attached hydrogen (secondary N) is 1. The van der Waals surface area contributed by atoms with Gasteiger partial charge in [-0.1, -0.05) is 26.0 Å². The van der Waals surface area contributed by atoms with Crippen LogP contribution < -0.4 is 5.32 Å². The summed E-state index contributed by atoms with van der Waals surface area (Å²) in [4.78, 5) is 39.1. The van der Waals surface area contributed by atoms with Crippen molar-refractivity contribution in [3.8, 4) is 5.75 Å². The molecule has 166 valence electrons. The van der Waals surface area contributed by atoms with Crippen LogP contribution in [0.4, 0.5) is 0 Å². The molecular weight excluding hydrogens is 398 g/mol. The Morgan fingerprint density at radius 1 is 1.32 bits per heavy atom. The second kappa shape index (κ2) is 8.96. The minimum absolute atomic E-state index is 0.0200. The molecule has 1 aliphatic carbocycles. The maximum absolute atomic E-state index is 13.6. The van der Waals surface area contributed by atoms with Crippen LogP contribution in [0.3, 0.4) is 0 Å². The van der Waals surface area contributed by atoms with Gasteiger partial charge in [0.15, 0.2) is 5.78 Å². The van der Waals surface area contributed by atoms with Crippen molar-refractivity contribution in [2.75, 3.05) is 7.11 Å². The topological polar surface area (TPSA) is 102 Å². The highest BCUT2D eigenvalue weighted by atomic mass is 16.5. The summed E-state index contributed by atoms with van der Waals surface area (Å²) in [6.45, 7) is 7.33. The van der Waals surface area contributed by atoms with Gasteiger partial charge in [0, 0.05) is 22.9 Å². The summed E-state index contributed by atoms with van der Waals surface area (Å²) < 4.78 is 10.5. The van der Waals surface area contributed by atoms with Crippen LogP contribution in [0.5, 0.6) is 5.75 Å². The first kappa shape index (κ1) is 22.6. The summed E-state index contributed by atoms with van der Waals surface area (Å²) in [5.41, 5.74) is 2.51. The molecule has 0 aromatic heterocycles. The van der Waals surface area contributed by atoms with E-state index < -0.39 is 23.8 Å². The maximum Gasteiger partial charge on any atom is 0.337 e. The first-order valence-corrected chi connectivity index (χ1v) is 10.5. The van der Waals surface area contributed by atoms with Gasteiger partial charge in [0.2, 0.25) is 0 Å². The quantitative estimate of drug-likeness (QED) is 0.549. The zero-order valence-corrected chi connectivity index (χ0v) is 18.5. The predicted octanol–water partition coefficient (Wildman–Crippen LogP) is 3.35. The Balaban J connectivity index is 2.17. The van der Waals surface area contributed by atoms with Gasteiger partial charge < -0.3 is 19.9 Å². The third-order valence-corrected chi connectivity index (χ3v) is 6.05. The Kier molecular flexibility index (Phi) is 6.53. The molecule has 0 amide bonds. The number of hydrogen-bond acceptors (Lipinski definition) is 7. The van der Waals surface area contributed by atoms with E-state index in [-0.39, 0.29) is 23.6 Å². The molecule has 1 aromatic carbocycles. The maximum atomic E-state index is 13.6. The molecule has 1 aliphatic heterocycles. The van der Waals surface area contributed by atoms with Crippen molar-refractivity contribution in [2.24, 2.45) is 11.8 Å². The largest absolute Gasteiger partial charge is 0.508 e. The van der Waals surface area contributed by atoms with Gasteiger partial charge in [0.1, 0.15) is 11.7 Å². The lowest BCUT2D eigenvalue weighted by Crippen LogP contribution is -2.43. The fraction of sp³-hybridized carbons (Fsp3) is 0.458. The molecule has 2 N–H and O–H groups in total. The molecule has 7 nitrogen and oxygen atoms in total. The molecule has 1 aromatic rings. The molecule has 4 unspecified atom stereocenters. The average Bonchev–Trinajstić information content (AvgIpc) is 2.72. The van der Waals surface area contributed by atoms with E-state index in [0.29, 0.717) is 40.9 Å². The minimum atomic E-state index is -0.949. The van der Waals surface area contributed by atoms with Crippen molar-refractivity contribution in [3.05, 3.63) is 52.4 Å². The molecule has 3 rings (SSSR count). The number of phenolic OH excluding ortho intramolecular Hbond substituents is 1. The molecular formula is C24H29NO6. The van der Waals surface area contributed by atoms with Gasteiger partial charge >= 0.3 is 11.9 Å². The van der Waals surface area contributed by atoms with Gasteiger partial charge in [0.25, 0.3) is 0 Å². The van der Waals surface area contributed by atoms with E-state index in [0.717, 1.165) is 0 Å². The standard InChI is InChI=1S/C24H29NO6/c1-6-13(3)31-24(29)19-14(4)25-17-10-12(2)18(23(28)30-5)22(27)21(17)20(19)15-8-7-9-16(26)11-15/h7-9,11-13,18,20,25-26H,6,10H2,1-5H3. The van der Waals surface area contributed by atoms with Crippen LogP contribution >= 0.6 is 0 Å². The van der Waals surface area contributed by atoms with Crippen molar-refractivity contribution in [1.29, 1.82) is 0 Å². The van der Waals surface area contributed by atoms with E-state index in [1.54, 1.807) is 26.0 Å². The fourth-order valence-corrected chi connectivity index (χ4v) is 4.32. The number of ether oxygens (including phenoxy) is 2. The van der Waals surface area contributed by atoms with Gasteiger partial charge in [0.05, 0.1) is 18.8 Å². The fourth-order valence-electron chi connectivity index (χ4n) is 4.32. The van der Waals surface area contributed by atoms with E-state index in [1.807, 2.05) is 13.8 Å². The van der Waals surface area contributed by atoms with Crippen LogP contribution in [0, 0.1) is 11.8 Å². The molecule has 0 spiro atoms. The Labute approximate surface area is 182 Å². The lowest BCUT2D eigenvalue weighted by Gasteiger charge is -2.38. The molecule has 0 saturated carbocycles. The number of carbonyl (C=O) groups is 3. The van der Waals surface area contributed by atoms with Gasteiger partial charge in [-0.15, -0.1) is 0 Å². The van der Waals surface area contributed by atoms with Crippen LogP contribution in [0.1, 0.15) is 52.0 Å². The molecule has 31 heavy (non-hydrogen) atoms. The van der Waals surface area contributed by atoms with E-state index in [2.05, 4.69) is 5.32 Å². The third-order valence-electron chi connectivity index (χ3n) is 6.05. The predicted molar refractivity (Wildman–Crippen MR) is 114 cm³/mol. The molecule has 0 bridgehead atoms. The second-order valence-corrected chi connectivity index (χ2v) is 8.25. The summed E-state index contributed by atoms with van der Waals surface area (Å²) in [6.07, 6.45) is 0.816. The third kappa shape index (κ3) is 4.22. The summed E-state index contributed by atoms with van der Waals surface area (Å²) >= 11 is 0. The number of dihydropyridines is 1. The van der Waals surface area contributed by atoms with Gasteiger partial charge in [-0.25, -0.2) is 4.79 Å². The Bertz CT molecular complexity index is 976. The molecule has 0 saturated heterocycles. The SMILES string of the molecule is CCC(C)OC(=O)C1=C(C)NC2=C(C(=O)C(C(=O)OC)C(C)C2)C1c1cccc(O)c1. The number of benzene rings is 1. The number of esters is 2. The van der Waals surface area contributed by atoms with Crippen LogP contribution in [0.15, 0.2) is 46.8 Å². The number of methoxy groups -OCH3 is 1. The summed E-state index contributed by atoms with van der Waals surface area (Å²) in [6, 6.07) is 6.47. The van der Waals surface area contributed by atoms with E-state index >= 15 is 0 Å². The Hall–Kier alpha value is -3.09. The number of ketones is 1. The molecule has 0 fully saturated rings. The van der Waals surface area contributed by atoms with Crippen molar-refractivity contribution in [2.45, 2.75) is 52.6 Å². The van der Waals surface area contributed by atoms with E-state index in [4.69, 9.17) is 9.47 Å². The lowest BCUT2D eigenvalue weighted by atomic mass is 9.69. The molecule has 4 atom stereocenters. The zero-order chi connectivity index (χ0) is 22.9. The number of rotatable bonds is 5. The smallest absolute Gasteiger partial charge is 0.337 e. The Morgan fingerprint density at radius 3 is 2.65 bits per heavy atom. The number of hydrogen-bond donors (Lipinski definition) is 2. The summed E-state index contributed by atoms with van der Waals surface area (Å²) in [5.74, 6) is -3.43. The average molecular weight is 427 g/mol. The molecule has 7 heteroatoms. The van der Waals surface area contributed by atoms with Crippen molar-refractivity contribution < 1.29 is 29.0 Å². The monoisotopic (exact) mass is 427 g/mol. The highest BCUT2D eigenvalue weighted by Crippen LogP contribution is 2.46. The number of phenols is 1. The number of aromatic hydroxyl groups is 1. The lowest BCUT2D eigenvalue weighted by molar-refractivity contribution is -0.151. The van der Waals surface area contributed by atoms with Gasteiger partial charge in [-0.3, -0.25) is 9.59 Å². The van der Waals surface area contributed by atoms with E-state index in [9.17, 15) is 19.5 Å². The Morgan fingerprint density at radius 2 is 2.03 bits per heavy atom. The molecule has 0 radical (unpaired) electrons. The van der Waals surface area contributed by atoms with Crippen LogP contribution in [-0.4, -0.2) is 36.0 Å². The molecule has 1 heterocycles. The normalized spacial score (nSPS) is 24.3. The van der Waals surface area contributed by atoms with Crippen molar-refractivity contribution >= 4 is 17.7 Å². The van der Waals surface area contributed by atoms with Crippen molar-refractivity contribution in [1.82, 2.24) is 5.32 Å². The number of carbonyl (C=O) groups excluding carboxylic acids is 3. The van der Waals surface area contributed by atoms with Crippen molar-refractivity contribution in [3.63, 3.8) is 0 Å². The first-order valence-electron chi connectivity index (χ1n) is 10.5. The van der Waals surface area contributed by atoms with Gasteiger partial charge in [-0.05, 0) is 50.3 Å². The van der Waals surface area contributed by atoms with Gasteiger partial charge in [-0.2, -0.15) is 0 Å². The summed E-state index contributed by atoms with van der Waals surface area (Å²) in [7, 11) is 1.26. The highest BCUT2D eigenvalue weighted by Gasteiger charge is 2.47.